The first kappa shape index (κ1) is 12.3. The largest absolute Gasteiger partial charge is 0.373 e. The van der Waals surface area contributed by atoms with Crippen molar-refractivity contribution in [2.45, 2.75) is 30.1 Å². The van der Waals surface area contributed by atoms with E-state index in [0.717, 1.165) is 32.3 Å². The summed E-state index contributed by atoms with van der Waals surface area (Å²) in [4.78, 5) is 13.2. The highest BCUT2D eigenvalue weighted by Crippen LogP contribution is 2.32. The normalized spacial score (nSPS) is 10.6. The number of hydrogen-bond donors (Lipinski definition) is 1. The lowest BCUT2D eigenvalue weighted by atomic mass is 10.3. The van der Waals surface area contributed by atoms with E-state index in [2.05, 4.69) is 20.3 Å². The van der Waals surface area contributed by atoms with E-state index in [0.29, 0.717) is 0 Å². The van der Waals surface area contributed by atoms with Crippen LogP contribution in [-0.4, -0.2) is 22.0 Å². The Morgan fingerprint density at radius 1 is 1.18 bits per heavy atom. The first-order valence-corrected chi connectivity index (χ1v) is 6.92. The first-order chi connectivity index (χ1) is 8.10. The molecular formula is C11H14N4S2. The quantitative estimate of drug-likeness (QED) is 0.865. The lowest BCUT2D eigenvalue weighted by Gasteiger charge is -2.08. The molecule has 0 bridgehead atoms. The van der Waals surface area contributed by atoms with Crippen LogP contribution in [0.15, 0.2) is 14.7 Å². The topological polar surface area (TPSA) is 50.7 Å². The van der Waals surface area contributed by atoms with Crippen LogP contribution in [0.4, 0.5) is 5.82 Å². The van der Waals surface area contributed by atoms with E-state index in [1.165, 1.54) is 0 Å². The minimum absolute atomic E-state index is 0.774. The SMILES string of the molecule is CNc1nc(C)nc(Sc2nc(C)cs2)c1C. The van der Waals surface area contributed by atoms with E-state index in [1.807, 2.05) is 33.2 Å². The van der Waals surface area contributed by atoms with Crippen LogP contribution < -0.4 is 5.32 Å². The Kier molecular flexibility index (Phi) is 3.63. The van der Waals surface area contributed by atoms with Crippen LogP contribution in [0, 0.1) is 20.8 Å². The predicted molar refractivity (Wildman–Crippen MR) is 72.0 cm³/mol. The number of thiazole rings is 1. The summed E-state index contributed by atoms with van der Waals surface area (Å²) in [6.45, 7) is 5.92. The number of aryl methyl sites for hydroxylation is 2. The summed E-state index contributed by atoms with van der Waals surface area (Å²) < 4.78 is 1.02. The van der Waals surface area contributed by atoms with Gasteiger partial charge in [0.25, 0.3) is 0 Å². The maximum Gasteiger partial charge on any atom is 0.156 e. The fraction of sp³-hybridized carbons (Fsp3) is 0.364. The number of aromatic nitrogens is 3. The second kappa shape index (κ2) is 5.01. The van der Waals surface area contributed by atoms with E-state index < -0.39 is 0 Å². The first-order valence-electron chi connectivity index (χ1n) is 5.23. The van der Waals surface area contributed by atoms with Crippen molar-refractivity contribution in [3.05, 3.63) is 22.5 Å². The average Bonchev–Trinajstić information content (AvgIpc) is 2.69. The molecule has 0 spiro atoms. The van der Waals surface area contributed by atoms with Gasteiger partial charge in [0.2, 0.25) is 0 Å². The second-order valence-corrected chi connectivity index (χ2v) is 5.75. The molecule has 0 saturated carbocycles. The molecule has 0 amide bonds. The van der Waals surface area contributed by atoms with Crippen LogP contribution in [0.25, 0.3) is 0 Å². The standard InChI is InChI=1S/C11H14N4S2/c1-6-5-16-11(13-6)17-10-7(2)9(12-4)14-8(3)15-10/h5H,1-4H3,(H,12,14,15). The summed E-state index contributed by atoms with van der Waals surface area (Å²) in [5.41, 5.74) is 2.12. The molecule has 0 radical (unpaired) electrons. The van der Waals surface area contributed by atoms with Gasteiger partial charge in [0.05, 0.1) is 0 Å². The van der Waals surface area contributed by atoms with Crippen molar-refractivity contribution in [2.75, 3.05) is 12.4 Å². The molecule has 2 aromatic heterocycles. The fourth-order valence-electron chi connectivity index (χ4n) is 1.41. The van der Waals surface area contributed by atoms with Gasteiger partial charge in [0.15, 0.2) is 4.34 Å². The molecule has 0 aliphatic carbocycles. The summed E-state index contributed by atoms with van der Waals surface area (Å²) in [7, 11) is 1.87. The van der Waals surface area contributed by atoms with E-state index in [4.69, 9.17) is 0 Å². The zero-order chi connectivity index (χ0) is 12.4. The number of hydrogen-bond acceptors (Lipinski definition) is 6. The van der Waals surface area contributed by atoms with Crippen LogP contribution in [0.1, 0.15) is 17.1 Å². The van der Waals surface area contributed by atoms with Gasteiger partial charge in [-0.05, 0) is 32.5 Å². The monoisotopic (exact) mass is 266 g/mol. The molecule has 1 N–H and O–H groups in total. The van der Waals surface area contributed by atoms with E-state index in [-0.39, 0.29) is 0 Å². The van der Waals surface area contributed by atoms with Crippen molar-refractivity contribution in [3.63, 3.8) is 0 Å². The molecular weight excluding hydrogens is 252 g/mol. The lowest BCUT2D eigenvalue weighted by Crippen LogP contribution is -2.01. The Labute approximate surface area is 109 Å². The average molecular weight is 266 g/mol. The van der Waals surface area contributed by atoms with Crippen molar-refractivity contribution >= 4 is 28.9 Å². The van der Waals surface area contributed by atoms with Crippen molar-refractivity contribution in [2.24, 2.45) is 0 Å². The minimum Gasteiger partial charge on any atom is -0.373 e. The lowest BCUT2D eigenvalue weighted by molar-refractivity contribution is 0.939. The molecule has 0 unspecified atom stereocenters. The molecule has 2 heterocycles. The number of nitrogens with one attached hydrogen (secondary N) is 1. The summed E-state index contributed by atoms with van der Waals surface area (Å²) in [5.74, 6) is 1.66. The zero-order valence-corrected chi connectivity index (χ0v) is 11.9. The van der Waals surface area contributed by atoms with Gasteiger partial charge in [-0.25, -0.2) is 15.0 Å². The Morgan fingerprint density at radius 3 is 2.53 bits per heavy atom. The maximum absolute atomic E-state index is 4.46. The molecule has 17 heavy (non-hydrogen) atoms. The third-order valence-corrected chi connectivity index (χ3v) is 4.38. The summed E-state index contributed by atoms with van der Waals surface area (Å²) in [5, 5.41) is 6.10. The zero-order valence-electron chi connectivity index (χ0n) is 10.2. The van der Waals surface area contributed by atoms with Crippen LogP contribution in [0.2, 0.25) is 0 Å². The fourth-order valence-corrected chi connectivity index (χ4v) is 3.28. The molecule has 0 fully saturated rings. The second-order valence-electron chi connectivity index (χ2n) is 3.66. The van der Waals surface area contributed by atoms with Gasteiger partial charge in [0.1, 0.15) is 16.7 Å². The van der Waals surface area contributed by atoms with Gasteiger partial charge >= 0.3 is 0 Å². The molecule has 2 rings (SSSR count). The molecule has 4 nitrogen and oxygen atoms in total. The van der Waals surface area contributed by atoms with Crippen molar-refractivity contribution < 1.29 is 0 Å². The maximum atomic E-state index is 4.46. The number of rotatable bonds is 3. The molecule has 90 valence electrons. The number of nitrogens with zero attached hydrogens (tertiary/aromatic N) is 3. The van der Waals surface area contributed by atoms with E-state index >= 15 is 0 Å². The minimum atomic E-state index is 0.774. The smallest absolute Gasteiger partial charge is 0.156 e. The Hall–Kier alpha value is -1.14. The van der Waals surface area contributed by atoms with Gasteiger partial charge in [-0.2, -0.15) is 0 Å². The molecule has 0 saturated heterocycles. The molecule has 0 atom stereocenters. The van der Waals surface area contributed by atoms with E-state index in [1.54, 1.807) is 23.1 Å². The van der Waals surface area contributed by atoms with Gasteiger partial charge in [-0.15, -0.1) is 11.3 Å². The third kappa shape index (κ3) is 2.76. The highest BCUT2D eigenvalue weighted by molar-refractivity contribution is 8.01. The third-order valence-electron chi connectivity index (χ3n) is 2.23. The molecule has 0 aromatic carbocycles. The highest BCUT2D eigenvalue weighted by atomic mass is 32.2. The van der Waals surface area contributed by atoms with Crippen LogP contribution in [-0.2, 0) is 0 Å². The molecule has 2 aromatic rings. The number of anilines is 1. The summed E-state index contributed by atoms with van der Waals surface area (Å²) in [6.07, 6.45) is 0. The van der Waals surface area contributed by atoms with Gasteiger partial charge in [-0.3, -0.25) is 0 Å². The van der Waals surface area contributed by atoms with E-state index in [9.17, 15) is 0 Å². The Bertz CT molecular complexity index is 536. The van der Waals surface area contributed by atoms with Gasteiger partial charge in [-0.1, -0.05) is 0 Å². The van der Waals surface area contributed by atoms with Crippen molar-refractivity contribution in [3.8, 4) is 0 Å². The van der Waals surface area contributed by atoms with Crippen LogP contribution in [0.3, 0.4) is 0 Å². The van der Waals surface area contributed by atoms with Crippen LogP contribution in [0.5, 0.6) is 0 Å². The van der Waals surface area contributed by atoms with Gasteiger partial charge < -0.3 is 5.32 Å². The molecule has 0 aliphatic heterocycles. The highest BCUT2D eigenvalue weighted by Gasteiger charge is 2.11. The van der Waals surface area contributed by atoms with Crippen molar-refractivity contribution in [1.29, 1.82) is 0 Å². The molecule has 6 heteroatoms. The Morgan fingerprint density at radius 2 is 1.94 bits per heavy atom. The predicted octanol–water partition coefficient (Wildman–Crippen LogP) is 3.05. The van der Waals surface area contributed by atoms with Gasteiger partial charge in [0, 0.05) is 23.7 Å². The summed E-state index contributed by atoms with van der Waals surface area (Å²) >= 11 is 3.24. The molecule has 0 aliphatic rings. The Balaban J connectivity index is 2.35. The van der Waals surface area contributed by atoms with Crippen LogP contribution >= 0.6 is 23.1 Å². The summed E-state index contributed by atoms with van der Waals surface area (Å²) in [6, 6.07) is 0. The van der Waals surface area contributed by atoms with Crippen molar-refractivity contribution in [1.82, 2.24) is 15.0 Å².